The van der Waals surface area contributed by atoms with Crippen molar-refractivity contribution in [3.8, 4) is 5.69 Å². The first-order valence-corrected chi connectivity index (χ1v) is 10.2. The third-order valence-electron chi connectivity index (χ3n) is 5.28. The smallest absolute Gasteiger partial charge is 0.160 e. The number of nitrogens with zero attached hydrogens (tertiary/aromatic N) is 4. The molecule has 1 fully saturated rings. The monoisotopic (exact) mass is 374 g/mol. The van der Waals surface area contributed by atoms with Gasteiger partial charge in [-0.05, 0) is 43.3 Å². The van der Waals surface area contributed by atoms with Gasteiger partial charge in [0.25, 0.3) is 0 Å². The van der Waals surface area contributed by atoms with E-state index < -0.39 is 0 Å². The van der Waals surface area contributed by atoms with E-state index >= 15 is 0 Å². The number of fused-ring (bicyclic) bond motifs is 1. The molecule has 3 atom stereocenters. The molecule has 0 bridgehead atoms. The SMILES string of the molecule is Cc1ccc(-n2cccc2[C@@H]2[C@@H](c3ccccn3)N=C3S[C@@H](C)CN32)cc1. The van der Waals surface area contributed by atoms with Crippen LogP contribution in [0.2, 0.25) is 0 Å². The van der Waals surface area contributed by atoms with Gasteiger partial charge in [-0.3, -0.25) is 9.98 Å². The van der Waals surface area contributed by atoms with Crippen molar-refractivity contribution in [1.82, 2.24) is 14.5 Å². The minimum atomic E-state index is 0.0281. The maximum absolute atomic E-state index is 5.09. The molecule has 1 aromatic carbocycles. The van der Waals surface area contributed by atoms with Crippen LogP contribution in [0.3, 0.4) is 0 Å². The van der Waals surface area contributed by atoms with Crippen molar-refractivity contribution in [1.29, 1.82) is 0 Å². The highest BCUT2D eigenvalue weighted by Crippen LogP contribution is 2.47. The Bertz CT molecular complexity index is 977. The van der Waals surface area contributed by atoms with Crippen molar-refractivity contribution < 1.29 is 0 Å². The van der Waals surface area contributed by atoms with Crippen molar-refractivity contribution in [2.75, 3.05) is 6.54 Å². The second-order valence-electron chi connectivity index (χ2n) is 7.28. The second kappa shape index (κ2) is 6.57. The van der Waals surface area contributed by atoms with E-state index in [1.807, 2.05) is 24.0 Å². The number of hydrogen-bond acceptors (Lipinski definition) is 4. The molecule has 0 N–H and O–H groups in total. The summed E-state index contributed by atoms with van der Waals surface area (Å²) in [4.78, 5) is 12.2. The molecular weight excluding hydrogens is 352 g/mol. The Balaban J connectivity index is 1.60. The van der Waals surface area contributed by atoms with Crippen LogP contribution in [0.25, 0.3) is 5.69 Å². The molecule has 5 rings (SSSR count). The van der Waals surface area contributed by atoms with Crippen LogP contribution in [0.15, 0.2) is 72.0 Å². The van der Waals surface area contributed by atoms with Gasteiger partial charge >= 0.3 is 0 Å². The van der Waals surface area contributed by atoms with Crippen molar-refractivity contribution >= 4 is 16.9 Å². The lowest BCUT2D eigenvalue weighted by Gasteiger charge is -2.28. The third-order valence-corrected chi connectivity index (χ3v) is 6.38. The Kier molecular flexibility index (Phi) is 4.05. The molecule has 0 saturated carbocycles. The van der Waals surface area contributed by atoms with E-state index in [1.54, 1.807) is 0 Å². The fourth-order valence-corrected chi connectivity index (χ4v) is 5.11. The first kappa shape index (κ1) is 16.6. The van der Waals surface area contributed by atoms with Crippen LogP contribution in [-0.2, 0) is 0 Å². The Hall–Kier alpha value is -2.53. The number of aliphatic imine (C=N–C) groups is 1. The molecule has 0 amide bonds. The molecule has 136 valence electrons. The molecule has 0 aliphatic carbocycles. The van der Waals surface area contributed by atoms with E-state index in [-0.39, 0.29) is 12.1 Å². The van der Waals surface area contributed by atoms with Gasteiger partial charge in [0.05, 0.1) is 11.7 Å². The van der Waals surface area contributed by atoms with E-state index in [0.717, 1.165) is 17.4 Å². The molecule has 4 heterocycles. The number of amidine groups is 1. The lowest BCUT2D eigenvalue weighted by atomic mass is 10.0. The largest absolute Gasteiger partial charge is 0.339 e. The van der Waals surface area contributed by atoms with Crippen LogP contribution in [0.4, 0.5) is 0 Å². The van der Waals surface area contributed by atoms with E-state index in [9.17, 15) is 0 Å². The molecule has 2 aliphatic rings. The summed E-state index contributed by atoms with van der Waals surface area (Å²) in [6.07, 6.45) is 4.02. The van der Waals surface area contributed by atoms with E-state index in [2.05, 4.69) is 83.0 Å². The minimum absolute atomic E-state index is 0.0281. The Morgan fingerprint density at radius 1 is 1.04 bits per heavy atom. The molecule has 1 saturated heterocycles. The summed E-state index contributed by atoms with van der Waals surface area (Å²) in [7, 11) is 0. The van der Waals surface area contributed by atoms with Crippen molar-refractivity contribution in [2.24, 2.45) is 4.99 Å². The normalized spacial score (nSPS) is 24.1. The number of pyridine rings is 1. The Labute approximate surface area is 164 Å². The molecule has 0 unspecified atom stereocenters. The van der Waals surface area contributed by atoms with Gasteiger partial charge in [0.2, 0.25) is 0 Å². The number of rotatable bonds is 3. The van der Waals surface area contributed by atoms with Gasteiger partial charge in [0.1, 0.15) is 6.04 Å². The molecule has 5 heteroatoms. The van der Waals surface area contributed by atoms with E-state index in [0.29, 0.717) is 5.25 Å². The number of thioether (sulfide) groups is 1. The van der Waals surface area contributed by atoms with Gasteiger partial charge in [-0.2, -0.15) is 0 Å². The molecule has 2 aromatic heterocycles. The number of hydrogen-bond donors (Lipinski definition) is 0. The number of aryl methyl sites for hydroxylation is 1. The lowest BCUT2D eigenvalue weighted by Crippen LogP contribution is -2.30. The quantitative estimate of drug-likeness (QED) is 0.662. The van der Waals surface area contributed by atoms with Crippen molar-refractivity contribution in [2.45, 2.75) is 31.2 Å². The molecular formula is C22H22N4S. The van der Waals surface area contributed by atoms with Crippen LogP contribution in [0, 0.1) is 6.92 Å². The predicted octanol–water partition coefficient (Wildman–Crippen LogP) is 4.77. The summed E-state index contributed by atoms with van der Waals surface area (Å²) < 4.78 is 2.30. The summed E-state index contributed by atoms with van der Waals surface area (Å²) in [5.74, 6) is 0. The number of aromatic nitrogens is 2. The zero-order valence-electron chi connectivity index (χ0n) is 15.5. The highest BCUT2D eigenvalue weighted by atomic mass is 32.2. The highest BCUT2D eigenvalue weighted by molar-refractivity contribution is 8.14. The molecule has 4 nitrogen and oxygen atoms in total. The van der Waals surface area contributed by atoms with Crippen LogP contribution in [0.5, 0.6) is 0 Å². The van der Waals surface area contributed by atoms with Gasteiger partial charge < -0.3 is 9.47 Å². The van der Waals surface area contributed by atoms with Gasteiger partial charge in [0, 0.05) is 35.6 Å². The van der Waals surface area contributed by atoms with Gasteiger partial charge in [-0.15, -0.1) is 0 Å². The minimum Gasteiger partial charge on any atom is -0.339 e. The van der Waals surface area contributed by atoms with Gasteiger partial charge in [-0.1, -0.05) is 42.4 Å². The van der Waals surface area contributed by atoms with Crippen molar-refractivity contribution in [3.05, 3.63) is 83.9 Å². The topological polar surface area (TPSA) is 33.4 Å². The maximum atomic E-state index is 5.09. The van der Waals surface area contributed by atoms with E-state index in [1.165, 1.54) is 16.9 Å². The summed E-state index contributed by atoms with van der Waals surface area (Å²) >= 11 is 1.88. The number of benzene rings is 1. The van der Waals surface area contributed by atoms with Crippen LogP contribution >= 0.6 is 11.8 Å². The second-order valence-corrected chi connectivity index (χ2v) is 8.68. The molecule has 2 aliphatic heterocycles. The predicted molar refractivity (Wildman–Crippen MR) is 111 cm³/mol. The average Bonchev–Trinajstić information content (AvgIpc) is 3.37. The first-order valence-electron chi connectivity index (χ1n) is 9.37. The van der Waals surface area contributed by atoms with E-state index in [4.69, 9.17) is 4.99 Å². The Morgan fingerprint density at radius 3 is 2.67 bits per heavy atom. The Morgan fingerprint density at radius 2 is 1.89 bits per heavy atom. The molecule has 0 spiro atoms. The lowest BCUT2D eigenvalue weighted by molar-refractivity contribution is 0.312. The summed E-state index contributed by atoms with van der Waals surface area (Å²) in [5, 5.41) is 1.72. The molecule has 3 aromatic rings. The molecule has 0 radical (unpaired) electrons. The van der Waals surface area contributed by atoms with Crippen LogP contribution in [-0.4, -0.2) is 31.4 Å². The first-order chi connectivity index (χ1) is 13.2. The summed E-state index contributed by atoms with van der Waals surface area (Å²) in [6.45, 7) is 5.42. The van der Waals surface area contributed by atoms with Crippen LogP contribution < -0.4 is 0 Å². The summed E-state index contributed by atoms with van der Waals surface area (Å²) in [6, 6.07) is 19.4. The molecule has 27 heavy (non-hydrogen) atoms. The maximum Gasteiger partial charge on any atom is 0.160 e. The zero-order chi connectivity index (χ0) is 18.4. The fourth-order valence-electron chi connectivity index (χ4n) is 4.01. The van der Waals surface area contributed by atoms with Crippen molar-refractivity contribution in [3.63, 3.8) is 0 Å². The van der Waals surface area contributed by atoms with Crippen LogP contribution in [0.1, 0.15) is 36.0 Å². The highest BCUT2D eigenvalue weighted by Gasteiger charge is 2.44. The zero-order valence-corrected chi connectivity index (χ0v) is 16.3. The van der Waals surface area contributed by atoms with Gasteiger partial charge in [-0.25, -0.2) is 0 Å². The summed E-state index contributed by atoms with van der Waals surface area (Å²) in [5.41, 5.74) is 4.76. The third kappa shape index (κ3) is 2.86. The fraction of sp³-hybridized carbons (Fsp3) is 0.273. The average molecular weight is 375 g/mol. The van der Waals surface area contributed by atoms with Gasteiger partial charge in [0.15, 0.2) is 5.17 Å². The standard InChI is InChI=1S/C22H22N4S/c1-15-8-10-17(11-9-15)25-13-5-7-19(25)21-20(18-6-3-4-12-23-18)24-22-26(21)14-16(2)27-22/h3-13,16,20-21H,14H2,1-2H3/t16-,20+,21+/m0/s1.